The monoisotopic (exact) mass is 278 g/mol. The molecule has 3 heteroatoms. The molecule has 1 aliphatic rings. The molecule has 0 aliphatic heterocycles. The summed E-state index contributed by atoms with van der Waals surface area (Å²) in [7, 11) is 0. The second-order valence-electron chi connectivity index (χ2n) is 3.74. The van der Waals surface area contributed by atoms with Crippen LogP contribution in [-0.2, 0) is 0 Å². The van der Waals surface area contributed by atoms with Gasteiger partial charge in [0.2, 0.25) is 0 Å². The maximum Gasteiger partial charge on any atom is 0.189 e. The van der Waals surface area contributed by atoms with E-state index in [0.29, 0.717) is 11.1 Å². The van der Waals surface area contributed by atoms with E-state index in [1.54, 1.807) is 30.4 Å². The number of carbonyl (C=O) groups excluding carboxylic acids is 1. The van der Waals surface area contributed by atoms with Gasteiger partial charge in [-0.05, 0) is 22.0 Å². The highest BCUT2D eigenvalue weighted by Gasteiger charge is 2.26. The van der Waals surface area contributed by atoms with Gasteiger partial charge < -0.3 is 5.11 Å². The van der Waals surface area contributed by atoms with Crippen LogP contribution in [0.4, 0.5) is 0 Å². The summed E-state index contributed by atoms with van der Waals surface area (Å²) in [6.45, 7) is 0. The number of benzene rings is 1. The Kier molecular flexibility index (Phi) is 3.08. The van der Waals surface area contributed by atoms with Gasteiger partial charge in [0.05, 0.1) is 0 Å². The molecule has 1 aliphatic carbocycles. The van der Waals surface area contributed by atoms with Gasteiger partial charge in [-0.2, -0.15) is 0 Å². The molecule has 82 valence electrons. The third-order valence-corrected chi connectivity index (χ3v) is 2.96. The molecule has 2 nitrogen and oxygen atoms in total. The zero-order valence-corrected chi connectivity index (χ0v) is 10.1. The van der Waals surface area contributed by atoms with Crippen molar-refractivity contribution in [1.82, 2.24) is 0 Å². The number of rotatable bonds is 2. The molecule has 1 aromatic carbocycles. The van der Waals surface area contributed by atoms with E-state index in [9.17, 15) is 9.90 Å². The third-order valence-electron chi connectivity index (χ3n) is 2.42. The van der Waals surface area contributed by atoms with Crippen molar-refractivity contribution in [2.24, 2.45) is 0 Å². The molecule has 16 heavy (non-hydrogen) atoms. The van der Waals surface area contributed by atoms with Crippen molar-refractivity contribution >= 4 is 21.7 Å². The van der Waals surface area contributed by atoms with Gasteiger partial charge in [-0.3, -0.25) is 4.79 Å². The highest BCUT2D eigenvalue weighted by Crippen LogP contribution is 2.30. The van der Waals surface area contributed by atoms with Crippen molar-refractivity contribution in [3.63, 3.8) is 0 Å². The first-order valence-electron chi connectivity index (χ1n) is 4.98. The summed E-state index contributed by atoms with van der Waals surface area (Å²) in [5.74, 6) is -0.0391. The normalized spacial score (nSPS) is 24.0. The number of allylic oxidation sites excluding steroid dienone is 2. The predicted octanol–water partition coefficient (Wildman–Crippen LogP) is 2.84. The van der Waals surface area contributed by atoms with Crippen LogP contribution in [0, 0.1) is 0 Å². The first-order chi connectivity index (χ1) is 7.58. The van der Waals surface area contributed by atoms with Crippen LogP contribution in [-0.4, -0.2) is 15.4 Å². The largest absolute Gasteiger partial charge is 0.375 e. The van der Waals surface area contributed by atoms with Gasteiger partial charge in [0.1, 0.15) is 4.51 Å². The summed E-state index contributed by atoms with van der Waals surface area (Å²) >= 11 is 3.15. The molecule has 0 bridgehead atoms. The minimum absolute atomic E-state index is 0.0391. The Morgan fingerprint density at radius 3 is 2.62 bits per heavy atom. The van der Waals surface area contributed by atoms with Crippen LogP contribution >= 0.6 is 15.9 Å². The average molecular weight is 279 g/mol. The van der Waals surface area contributed by atoms with E-state index in [1.165, 1.54) is 0 Å². The van der Waals surface area contributed by atoms with Crippen LogP contribution in [0.5, 0.6) is 0 Å². The smallest absolute Gasteiger partial charge is 0.189 e. The first-order valence-corrected chi connectivity index (χ1v) is 5.77. The van der Waals surface area contributed by atoms with Crippen molar-refractivity contribution < 1.29 is 9.90 Å². The van der Waals surface area contributed by atoms with Crippen LogP contribution in [0.15, 0.2) is 54.1 Å². The van der Waals surface area contributed by atoms with E-state index < -0.39 is 4.51 Å². The maximum atomic E-state index is 12.1. The standard InChI is InChI=1S/C13H11BrO2/c14-13(16)8-4-7-11(9-13)12(15)10-5-2-1-3-6-10/h1-8,16H,9H2. The highest BCUT2D eigenvalue weighted by molar-refractivity contribution is 9.10. The quantitative estimate of drug-likeness (QED) is 0.667. The average Bonchev–Trinajstić information content (AvgIpc) is 2.28. The second kappa shape index (κ2) is 4.36. The molecule has 0 saturated carbocycles. The Labute approximate surface area is 102 Å². The summed E-state index contributed by atoms with van der Waals surface area (Å²) in [6.07, 6.45) is 5.34. The summed E-state index contributed by atoms with van der Waals surface area (Å²) in [4.78, 5) is 12.1. The lowest BCUT2D eigenvalue weighted by Crippen LogP contribution is -2.22. The van der Waals surface area contributed by atoms with E-state index >= 15 is 0 Å². The minimum Gasteiger partial charge on any atom is -0.375 e. The third kappa shape index (κ3) is 2.49. The van der Waals surface area contributed by atoms with Gasteiger partial charge in [-0.1, -0.05) is 42.5 Å². The van der Waals surface area contributed by atoms with E-state index in [4.69, 9.17) is 0 Å². The summed E-state index contributed by atoms with van der Waals surface area (Å²) in [5.41, 5.74) is 1.25. The predicted molar refractivity (Wildman–Crippen MR) is 66.5 cm³/mol. The highest BCUT2D eigenvalue weighted by atomic mass is 79.9. The molecular formula is C13H11BrO2. The molecule has 1 unspecified atom stereocenters. The molecule has 0 saturated heterocycles. The molecule has 0 radical (unpaired) electrons. The van der Waals surface area contributed by atoms with Crippen LogP contribution < -0.4 is 0 Å². The Hall–Kier alpha value is -1.19. The van der Waals surface area contributed by atoms with Gasteiger partial charge in [-0.25, -0.2) is 0 Å². The number of halogens is 1. The zero-order valence-electron chi connectivity index (χ0n) is 8.56. The molecule has 0 aromatic heterocycles. The van der Waals surface area contributed by atoms with Gasteiger partial charge in [-0.15, -0.1) is 0 Å². The van der Waals surface area contributed by atoms with Crippen LogP contribution in [0.1, 0.15) is 16.8 Å². The Balaban J connectivity index is 2.25. The van der Waals surface area contributed by atoms with E-state index in [1.807, 2.05) is 18.2 Å². The van der Waals surface area contributed by atoms with E-state index in [-0.39, 0.29) is 12.2 Å². The summed E-state index contributed by atoms with van der Waals surface area (Å²) < 4.78 is -1.10. The fourth-order valence-corrected chi connectivity index (χ4v) is 2.08. The molecule has 1 atom stereocenters. The maximum absolute atomic E-state index is 12.1. The lowest BCUT2D eigenvalue weighted by atomic mass is 9.95. The van der Waals surface area contributed by atoms with Crippen LogP contribution in [0.2, 0.25) is 0 Å². The van der Waals surface area contributed by atoms with Crippen molar-refractivity contribution in [1.29, 1.82) is 0 Å². The first kappa shape index (κ1) is 11.3. The van der Waals surface area contributed by atoms with Crippen molar-refractivity contribution in [2.45, 2.75) is 10.9 Å². The zero-order chi connectivity index (χ0) is 11.6. The van der Waals surface area contributed by atoms with Crippen LogP contribution in [0.25, 0.3) is 0 Å². The summed E-state index contributed by atoms with van der Waals surface area (Å²) in [6, 6.07) is 9.07. The molecule has 0 fully saturated rings. The number of Topliss-reactive ketones (excluding diaryl/α,β-unsaturated/α-hetero) is 1. The van der Waals surface area contributed by atoms with E-state index in [0.717, 1.165) is 0 Å². The molecule has 0 spiro atoms. The van der Waals surface area contributed by atoms with Crippen molar-refractivity contribution in [3.05, 3.63) is 59.7 Å². The fraction of sp³-hybridized carbons (Fsp3) is 0.154. The van der Waals surface area contributed by atoms with Crippen molar-refractivity contribution in [2.75, 3.05) is 0 Å². The lowest BCUT2D eigenvalue weighted by molar-refractivity contribution is 0.101. The molecular weight excluding hydrogens is 268 g/mol. The molecule has 2 rings (SSSR count). The van der Waals surface area contributed by atoms with E-state index in [2.05, 4.69) is 15.9 Å². The number of carbonyl (C=O) groups is 1. The Morgan fingerprint density at radius 1 is 1.31 bits per heavy atom. The van der Waals surface area contributed by atoms with Crippen LogP contribution in [0.3, 0.4) is 0 Å². The molecule has 1 aromatic rings. The van der Waals surface area contributed by atoms with Crippen molar-refractivity contribution in [3.8, 4) is 0 Å². The van der Waals surface area contributed by atoms with Gasteiger partial charge in [0, 0.05) is 17.6 Å². The number of ketones is 1. The second-order valence-corrected chi connectivity index (χ2v) is 5.11. The van der Waals surface area contributed by atoms with Gasteiger partial charge in [0.15, 0.2) is 5.78 Å². The Morgan fingerprint density at radius 2 is 2.00 bits per heavy atom. The Bertz CT molecular complexity index is 458. The molecule has 0 amide bonds. The number of hydrogen-bond donors (Lipinski definition) is 1. The number of aliphatic hydroxyl groups is 1. The lowest BCUT2D eigenvalue weighted by Gasteiger charge is -2.21. The molecule has 0 heterocycles. The van der Waals surface area contributed by atoms with Gasteiger partial charge in [0.25, 0.3) is 0 Å². The van der Waals surface area contributed by atoms with Gasteiger partial charge >= 0.3 is 0 Å². The minimum atomic E-state index is -1.10. The molecule has 1 N–H and O–H groups in total. The fourth-order valence-electron chi connectivity index (χ4n) is 1.63. The number of alkyl halides is 1. The number of hydrogen-bond acceptors (Lipinski definition) is 2. The summed E-state index contributed by atoms with van der Waals surface area (Å²) in [5, 5.41) is 9.78. The topological polar surface area (TPSA) is 37.3 Å². The SMILES string of the molecule is O=C(C1=CC=CC(O)(Br)C1)c1ccccc1.